The van der Waals surface area contributed by atoms with Crippen molar-refractivity contribution in [3.8, 4) is 11.3 Å². The fourth-order valence-corrected chi connectivity index (χ4v) is 5.40. The molecule has 3 N–H and O–H groups in total. The number of hydrogen-bond acceptors (Lipinski definition) is 9. The quantitative estimate of drug-likeness (QED) is 0.263. The Labute approximate surface area is 264 Å². The maximum absolute atomic E-state index is 13.5. The number of aliphatic carboxylic acids is 1. The number of likely N-dealkylation sites (N-methyl/N-ethyl adjacent to an activating group) is 1. The molecule has 1 spiro atoms. The summed E-state index contributed by atoms with van der Waals surface area (Å²) in [5.74, 6) is -2.83. The van der Waals surface area contributed by atoms with Crippen LogP contribution in [0.2, 0.25) is 0 Å². The van der Waals surface area contributed by atoms with E-state index in [1.165, 1.54) is 18.0 Å². The van der Waals surface area contributed by atoms with Crippen molar-refractivity contribution in [1.82, 2.24) is 34.8 Å². The first-order valence-corrected chi connectivity index (χ1v) is 13.4. The van der Waals surface area contributed by atoms with Crippen LogP contribution in [0.4, 0.5) is 48.5 Å². The molecular weight excluding hydrogens is 644 g/mol. The van der Waals surface area contributed by atoms with E-state index in [0.717, 1.165) is 17.3 Å². The molecule has 1 saturated carbocycles. The number of aromatic nitrogens is 6. The van der Waals surface area contributed by atoms with Crippen LogP contribution in [-0.4, -0.2) is 79.4 Å². The highest BCUT2D eigenvalue weighted by atomic mass is 19.4. The number of ether oxygens (including phenoxy) is 1. The first-order chi connectivity index (χ1) is 23.2. The summed E-state index contributed by atoms with van der Waals surface area (Å²) < 4.78 is 101. The third kappa shape index (κ3) is 6.21. The minimum Gasteiger partial charge on any atom is -0.475 e. The largest absolute Gasteiger partial charge is 0.504 e. The Kier molecular flexibility index (Phi) is 7.24. The van der Waals surface area contributed by atoms with Crippen molar-refractivity contribution in [2.24, 2.45) is 13.0 Å². The Morgan fingerprint density at radius 2 is 1.87 bits per heavy atom. The van der Waals surface area contributed by atoms with Gasteiger partial charge in [0.1, 0.15) is 22.8 Å². The molecule has 1 aliphatic carbocycles. The molecule has 0 aromatic carbocycles. The number of carbonyl (C=O) groups excluding carboxylic acids is 2. The Bertz CT molecular complexity index is 1970. The number of rotatable bonds is 5. The molecule has 20 heteroatoms. The first kappa shape index (κ1) is 29.0. The van der Waals surface area contributed by atoms with Crippen LogP contribution in [0, 0.1) is 5.92 Å². The number of alkyl carbamates (subject to hydrolysis) is 1. The number of carboxylic acid groups (broad SMARTS) is 1. The van der Waals surface area contributed by atoms with Crippen LogP contribution >= 0.6 is 0 Å². The Hall–Kier alpha value is -5.43. The number of methoxy groups -OCH3 is 1. The van der Waals surface area contributed by atoms with Gasteiger partial charge in [0.25, 0.3) is 0 Å². The molecule has 6 rings (SSSR count). The molecule has 0 radical (unpaired) electrons. The lowest BCUT2D eigenvalue weighted by molar-refractivity contribution is -0.212. The number of hydrogen-bond donors (Lipinski definition) is 3. The van der Waals surface area contributed by atoms with Gasteiger partial charge in [-0.25, -0.2) is 19.6 Å². The molecule has 250 valence electrons. The molecule has 0 saturated heterocycles. The van der Waals surface area contributed by atoms with Gasteiger partial charge in [-0.2, -0.15) is 28.1 Å². The zero-order chi connectivity index (χ0) is 37.0. The minimum atomic E-state index is -5.08. The number of carboxylic acids is 1. The fraction of sp³-hybridized carbons (Fsp3) is 0.370. The summed E-state index contributed by atoms with van der Waals surface area (Å²) in [7, 11) is 2.88. The van der Waals surface area contributed by atoms with Crippen LogP contribution in [0.3, 0.4) is 0 Å². The van der Waals surface area contributed by atoms with Crippen LogP contribution in [0.25, 0.3) is 22.3 Å². The average molecular weight is 673 g/mol. The SMILES string of the molecule is O=C(O)C(F)(F)F.[2H]C([2H])([2H])N1C(=O)C2(CC(CNC(=O)OC)C2)c2cc(Nc3ccc4c(n3)c(-c3cnn(C(F)(F)F)c3)nn4C)ncc21. The predicted octanol–water partition coefficient (Wildman–Crippen LogP) is 4.06. The highest BCUT2D eigenvalue weighted by Gasteiger charge is 2.57. The first-order valence-electron chi connectivity index (χ1n) is 14.9. The van der Waals surface area contributed by atoms with Gasteiger partial charge in [-0.05, 0) is 42.5 Å². The van der Waals surface area contributed by atoms with Gasteiger partial charge in [0.05, 0.1) is 36.1 Å². The molecule has 4 aromatic heterocycles. The van der Waals surface area contributed by atoms with Gasteiger partial charge in [-0.3, -0.25) is 9.48 Å². The summed E-state index contributed by atoms with van der Waals surface area (Å²) >= 11 is 0. The number of aryl methyl sites for hydroxylation is 1. The maximum atomic E-state index is 13.5. The smallest absolute Gasteiger partial charge is 0.475 e. The molecule has 0 unspecified atom stereocenters. The van der Waals surface area contributed by atoms with E-state index in [9.17, 15) is 35.9 Å². The predicted molar refractivity (Wildman–Crippen MR) is 150 cm³/mol. The van der Waals surface area contributed by atoms with Crippen LogP contribution in [-0.2, 0) is 33.1 Å². The Morgan fingerprint density at radius 1 is 1.17 bits per heavy atom. The van der Waals surface area contributed by atoms with Gasteiger partial charge in [-0.15, -0.1) is 13.2 Å². The average Bonchev–Trinajstić information content (AvgIpc) is 3.68. The van der Waals surface area contributed by atoms with Crippen molar-refractivity contribution < 1.29 is 54.7 Å². The Balaban J connectivity index is 0.000000630. The monoisotopic (exact) mass is 672 g/mol. The summed E-state index contributed by atoms with van der Waals surface area (Å²) in [6, 6.07) is 4.93. The number of nitrogens with one attached hydrogen (secondary N) is 2. The van der Waals surface area contributed by atoms with Crippen LogP contribution in [0.5, 0.6) is 0 Å². The number of nitrogens with zero attached hydrogens (tertiary/aromatic N) is 7. The van der Waals surface area contributed by atoms with Crippen molar-refractivity contribution >= 4 is 46.3 Å². The van der Waals surface area contributed by atoms with Gasteiger partial charge in [0, 0.05) is 36.4 Å². The normalized spacial score (nSPS) is 20.0. The number of amides is 2. The summed E-state index contributed by atoms with van der Waals surface area (Å²) in [5, 5.41) is 20.5. The van der Waals surface area contributed by atoms with Crippen molar-refractivity contribution in [3.05, 3.63) is 42.4 Å². The molecule has 4 aromatic rings. The fourth-order valence-electron chi connectivity index (χ4n) is 5.40. The molecule has 2 aliphatic rings. The lowest BCUT2D eigenvalue weighted by Gasteiger charge is -2.44. The molecule has 0 atom stereocenters. The van der Waals surface area contributed by atoms with E-state index in [4.69, 9.17) is 14.0 Å². The van der Waals surface area contributed by atoms with E-state index < -0.39 is 42.8 Å². The number of halogens is 6. The highest BCUT2D eigenvalue weighted by molar-refractivity contribution is 6.08. The van der Waals surface area contributed by atoms with Crippen molar-refractivity contribution in [2.75, 3.05) is 30.8 Å². The second-order valence-electron chi connectivity index (χ2n) is 10.6. The van der Waals surface area contributed by atoms with Gasteiger partial charge in [0.2, 0.25) is 5.91 Å². The van der Waals surface area contributed by atoms with E-state index in [0.29, 0.717) is 29.4 Å². The topological polar surface area (TPSA) is 169 Å². The molecular formula is C27H25F6N9O5. The van der Waals surface area contributed by atoms with Crippen LogP contribution in [0.1, 0.15) is 22.5 Å². The molecule has 5 heterocycles. The van der Waals surface area contributed by atoms with E-state index >= 15 is 0 Å². The zero-order valence-corrected chi connectivity index (χ0v) is 24.1. The highest BCUT2D eigenvalue weighted by Crippen LogP contribution is 2.55. The minimum absolute atomic E-state index is 0.0770. The van der Waals surface area contributed by atoms with E-state index in [-0.39, 0.29) is 45.7 Å². The van der Waals surface area contributed by atoms with Crippen molar-refractivity contribution in [1.29, 1.82) is 0 Å². The van der Waals surface area contributed by atoms with E-state index in [1.807, 2.05) is 0 Å². The third-order valence-corrected chi connectivity index (χ3v) is 7.56. The number of alkyl halides is 6. The van der Waals surface area contributed by atoms with E-state index in [1.54, 1.807) is 25.2 Å². The second-order valence-corrected chi connectivity index (χ2v) is 10.6. The maximum Gasteiger partial charge on any atom is 0.504 e. The van der Waals surface area contributed by atoms with Gasteiger partial charge in [-0.1, -0.05) is 0 Å². The molecule has 14 nitrogen and oxygen atoms in total. The summed E-state index contributed by atoms with van der Waals surface area (Å²) in [4.78, 5) is 43.6. The van der Waals surface area contributed by atoms with Gasteiger partial charge >= 0.3 is 24.5 Å². The second kappa shape index (κ2) is 11.7. The standard InChI is InChI=1S/C25H24F3N9O3.C2HF3O2/c1-35-17-11-29-19(6-15(17)24(22(35)38)7-13(8-24)9-30-23(39)40-3)32-18-5-4-16-21(33-18)20(34-36(16)2)14-10-31-37(12-14)25(26,27)28;3-2(4,5)1(6)7/h4-6,10-13H,7-9H2,1-3H3,(H,30,39)(H,29,32,33);(H,6,7)/i1D3;. The van der Waals surface area contributed by atoms with Gasteiger partial charge < -0.3 is 25.4 Å². The zero-order valence-electron chi connectivity index (χ0n) is 27.1. The van der Waals surface area contributed by atoms with Crippen molar-refractivity contribution in [2.45, 2.75) is 30.7 Å². The lowest BCUT2D eigenvalue weighted by Crippen LogP contribution is -2.51. The molecule has 1 aliphatic heterocycles. The molecule has 2 amide bonds. The molecule has 1 fully saturated rings. The lowest BCUT2D eigenvalue weighted by atomic mass is 9.59. The van der Waals surface area contributed by atoms with Gasteiger partial charge in [0.15, 0.2) is 0 Å². The summed E-state index contributed by atoms with van der Waals surface area (Å²) in [5.41, 5.74) is 0.750. The van der Waals surface area contributed by atoms with E-state index in [2.05, 4.69) is 35.5 Å². The summed E-state index contributed by atoms with van der Waals surface area (Å²) in [6.45, 7) is -2.47. The van der Waals surface area contributed by atoms with Crippen LogP contribution < -0.4 is 15.5 Å². The number of carbonyl (C=O) groups is 3. The number of fused-ring (bicyclic) bond motifs is 3. The van der Waals surface area contributed by atoms with Crippen molar-refractivity contribution in [3.63, 3.8) is 0 Å². The summed E-state index contributed by atoms with van der Waals surface area (Å²) in [6.07, 6.45) is -6.55. The number of anilines is 3. The molecule has 47 heavy (non-hydrogen) atoms. The van der Waals surface area contributed by atoms with Crippen LogP contribution in [0.15, 0.2) is 36.8 Å². The number of pyridine rings is 2. The molecule has 0 bridgehead atoms. The Morgan fingerprint density at radius 3 is 2.47 bits per heavy atom. The third-order valence-electron chi connectivity index (χ3n) is 7.56.